The minimum absolute atomic E-state index is 0.319. The molecule has 0 unspecified atom stereocenters. The van der Waals surface area contributed by atoms with E-state index < -0.39 is 0 Å². The van der Waals surface area contributed by atoms with Crippen molar-refractivity contribution in [1.82, 2.24) is 5.32 Å². The lowest BCUT2D eigenvalue weighted by atomic mass is 9.74. The van der Waals surface area contributed by atoms with E-state index in [2.05, 4.69) is 5.32 Å². The van der Waals surface area contributed by atoms with Crippen LogP contribution in [0.15, 0.2) is 0 Å². The molecule has 1 amide bonds. The molecular weight excluding hydrogens is 126 g/mol. The van der Waals surface area contributed by atoms with Crippen molar-refractivity contribution in [3.63, 3.8) is 0 Å². The average molecular weight is 137 g/mol. The Morgan fingerprint density at radius 2 is 2.30 bits per heavy atom. The summed E-state index contributed by atoms with van der Waals surface area (Å²) in [5, 5.41) is 3.00. The molecule has 0 bridgehead atoms. The van der Waals surface area contributed by atoms with Gasteiger partial charge in [-0.25, -0.2) is 0 Å². The van der Waals surface area contributed by atoms with Gasteiger partial charge < -0.3 is 5.32 Å². The minimum Gasteiger partial charge on any atom is -0.352 e. The molecule has 0 radical (unpaired) electrons. The minimum atomic E-state index is 0.319. The highest BCUT2D eigenvalue weighted by atomic mass is 16.2. The number of fused-ring (bicyclic) bond motifs is 3. The molecule has 1 N–H and O–H groups in total. The first-order chi connectivity index (χ1) is 4.86. The third kappa shape index (κ3) is 0.386. The number of β-lactam (4-membered cyclic amide) rings is 1. The van der Waals surface area contributed by atoms with Gasteiger partial charge in [0, 0.05) is 6.04 Å². The van der Waals surface area contributed by atoms with E-state index in [0.717, 1.165) is 11.8 Å². The zero-order valence-electron chi connectivity index (χ0n) is 5.84. The van der Waals surface area contributed by atoms with Gasteiger partial charge in [0.25, 0.3) is 0 Å². The highest BCUT2D eigenvalue weighted by Gasteiger charge is 2.56. The molecule has 2 saturated carbocycles. The third-order valence-corrected chi connectivity index (χ3v) is 3.57. The van der Waals surface area contributed by atoms with Gasteiger partial charge >= 0.3 is 0 Å². The van der Waals surface area contributed by atoms with Gasteiger partial charge in [-0.1, -0.05) is 0 Å². The average Bonchev–Trinajstić information content (AvgIpc) is 2.01. The van der Waals surface area contributed by atoms with E-state index >= 15 is 0 Å². The van der Waals surface area contributed by atoms with Crippen LogP contribution in [0.2, 0.25) is 0 Å². The first-order valence-corrected chi connectivity index (χ1v) is 4.16. The van der Waals surface area contributed by atoms with E-state index in [1.54, 1.807) is 0 Å². The molecule has 1 aliphatic heterocycles. The van der Waals surface area contributed by atoms with Gasteiger partial charge in [-0.3, -0.25) is 4.79 Å². The van der Waals surface area contributed by atoms with Gasteiger partial charge in [0.15, 0.2) is 0 Å². The Bertz CT molecular complexity index is 201. The van der Waals surface area contributed by atoms with Crippen LogP contribution in [0.25, 0.3) is 0 Å². The predicted molar refractivity (Wildman–Crippen MR) is 36.3 cm³/mol. The molecule has 0 spiro atoms. The number of amides is 1. The predicted octanol–water partition coefficient (Wildman–Crippen LogP) is 0.531. The number of nitrogens with one attached hydrogen (secondary N) is 1. The van der Waals surface area contributed by atoms with E-state index in [-0.39, 0.29) is 0 Å². The molecule has 3 aliphatic rings. The summed E-state index contributed by atoms with van der Waals surface area (Å²) in [7, 11) is 0. The fraction of sp³-hybridized carbons (Fsp3) is 0.875. The molecular formula is C8H11NO. The van der Waals surface area contributed by atoms with Gasteiger partial charge in [-0.2, -0.15) is 0 Å². The maximum Gasteiger partial charge on any atom is 0.225 e. The normalized spacial score (nSPS) is 55.8. The van der Waals surface area contributed by atoms with Crippen molar-refractivity contribution in [2.45, 2.75) is 25.3 Å². The number of rotatable bonds is 0. The lowest BCUT2D eigenvalue weighted by Gasteiger charge is -2.38. The van der Waals surface area contributed by atoms with Gasteiger partial charge in [0.05, 0.1) is 5.92 Å². The summed E-state index contributed by atoms with van der Waals surface area (Å²) in [5.41, 5.74) is 0. The molecule has 1 saturated heterocycles. The van der Waals surface area contributed by atoms with Crippen molar-refractivity contribution in [3.05, 3.63) is 0 Å². The van der Waals surface area contributed by atoms with E-state index in [0.29, 0.717) is 17.9 Å². The summed E-state index contributed by atoms with van der Waals surface area (Å²) in [4.78, 5) is 10.9. The van der Waals surface area contributed by atoms with Crippen LogP contribution in [0.4, 0.5) is 0 Å². The molecule has 10 heavy (non-hydrogen) atoms. The number of carbonyl (C=O) groups excluding carboxylic acids is 1. The highest BCUT2D eigenvalue weighted by Crippen LogP contribution is 2.52. The van der Waals surface area contributed by atoms with Crippen molar-refractivity contribution >= 4 is 5.91 Å². The Morgan fingerprint density at radius 3 is 2.80 bits per heavy atom. The second-order valence-electron chi connectivity index (χ2n) is 3.88. The molecule has 4 atom stereocenters. The fourth-order valence-corrected chi connectivity index (χ4v) is 2.78. The van der Waals surface area contributed by atoms with Gasteiger partial charge in [0.2, 0.25) is 5.91 Å². The molecule has 0 aromatic rings. The van der Waals surface area contributed by atoms with Gasteiger partial charge in [-0.15, -0.1) is 0 Å². The fourth-order valence-electron chi connectivity index (χ4n) is 2.78. The molecule has 0 aromatic heterocycles. The summed E-state index contributed by atoms with van der Waals surface area (Å²) < 4.78 is 0. The summed E-state index contributed by atoms with van der Waals surface area (Å²) in [6, 6.07) is 0.603. The molecule has 2 nitrogen and oxygen atoms in total. The van der Waals surface area contributed by atoms with Crippen LogP contribution in [0.3, 0.4) is 0 Å². The lowest BCUT2D eigenvalue weighted by molar-refractivity contribution is -0.134. The zero-order chi connectivity index (χ0) is 6.72. The lowest BCUT2D eigenvalue weighted by Crippen LogP contribution is -2.58. The first kappa shape index (κ1) is 5.16. The van der Waals surface area contributed by atoms with Crippen LogP contribution < -0.4 is 5.32 Å². The van der Waals surface area contributed by atoms with Crippen molar-refractivity contribution in [2.24, 2.45) is 17.8 Å². The molecule has 3 rings (SSSR count). The Morgan fingerprint density at radius 1 is 1.40 bits per heavy atom. The molecule has 0 aromatic carbocycles. The second kappa shape index (κ2) is 1.39. The zero-order valence-corrected chi connectivity index (χ0v) is 5.84. The van der Waals surface area contributed by atoms with Crippen LogP contribution in [0, 0.1) is 17.8 Å². The van der Waals surface area contributed by atoms with E-state index in [4.69, 9.17) is 0 Å². The van der Waals surface area contributed by atoms with Crippen molar-refractivity contribution in [2.75, 3.05) is 0 Å². The molecule has 3 fully saturated rings. The SMILES string of the molecule is O=C1N[C@H]2[C@@H]3CC[C@H]3C[C@H]12. The summed E-state index contributed by atoms with van der Waals surface area (Å²) >= 11 is 0. The number of hydrogen-bond acceptors (Lipinski definition) is 1. The summed E-state index contributed by atoms with van der Waals surface area (Å²) in [6.07, 6.45) is 3.94. The maximum absolute atomic E-state index is 10.9. The van der Waals surface area contributed by atoms with Crippen LogP contribution in [0.5, 0.6) is 0 Å². The number of carbonyl (C=O) groups is 1. The standard InChI is InChI=1S/C8H11NO/c10-8-6-3-4-1-2-5(4)7(6)9-8/h4-7H,1-3H2,(H,9,10)/t4-,5+,6-,7-/m0/s1. The van der Waals surface area contributed by atoms with E-state index in [1.165, 1.54) is 19.3 Å². The molecule has 2 aliphatic carbocycles. The quantitative estimate of drug-likeness (QED) is 0.485. The first-order valence-electron chi connectivity index (χ1n) is 4.16. The van der Waals surface area contributed by atoms with Crippen LogP contribution >= 0.6 is 0 Å². The number of hydrogen-bond donors (Lipinski definition) is 1. The maximum atomic E-state index is 10.9. The van der Waals surface area contributed by atoms with Crippen molar-refractivity contribution in [3.8, 4) is 0 Å². The molecule has 2 heteroatoms. The van der Waals surface area contributed by atoms with Crippen LogP contribution in [-0.4, -0.2) is 11.9 Å². The Hall–Kier alpha value is -0.530. The molecule has 54 valence electrons. The van der Waals surface area contributed by atoms with Gasteiger partial charge in [0.1, 0.15) is 0 Å². The smallest absolute Gasteiger partial charge is 0.225 e. The third-order valence-electron chi connectivity index (χ3n) is 3.57. The van der Waals surface area contributed by atoms with Crippen molar-refractivity contribution in [1.29, 1.82) is 0 Å². The Kier molecular flexibility index (Phi) is 0.715. The van der Waals surface area contributed by atoms with E-state index in [1.807, 2.05) is 0 Å². The molecule has 1 heterocycles. The van der Waals surface area contributed by atoms with Crippen LogP contribution in [0.1, 0.15) is 19.3 Å². The summed E-state index contributed by atoms with van der Waals surface area (Å²) in [6.45, 7) is 0. The monoisotopic (exact) mass is 137 g/mol. The second-order valence-corrected chi connectivity index (χ2v) is 3.88. The largest absolute Gasteiger partial charge is 0.352 e. The van der Waals surface area contributed by atoms with Crippen molar-refractivity contribution < 1.29 is 4.79 Å². The van der Waals surface area contributed by atoms with Gasteiger partial charge in [-0.05, 0) is 31.1 Å². The van der Waals surface area contributed by atoms with E-state index in [9.17, 15) is 4.79 Å². The Labute approximate surface area is 60.0 Å². The topological polar surface area (TPSA) is 29.1 Å². The highest BCUT2D eigenvalue weighted by molar-refractivity contribution is 5.86. The summed E-state index contributed by atoms with van der Waals surface area (Å²) in [5.74, 6) is 2.54. The Balaban J connectivity index is 1.88. The van der Waals surface area contributed by atoms with Crippen LogP contribution in [-0.2, 0) is 4.79 Å².